The molecule has 3 rings (SSSR count). The van der Waals surface area contributed by atoms with Gasteiger partial charge in [-0.2, -0.15) is 10.2 Å². The number of piperidine rings is 1. The second-order valence-corrected chi connectivity index (χ2v) is 6.80. The van der Waals surface area contributed by atoms with Gasteiger partial charge in [0.2, 0.25) is 0 Å². The number of anilines is 1. The molecule has 22 heavy (non-hydrogen) atoms. The van der Waals surface area contributed by atoms with Crippen LogP contribution in [0.1, 0.15) is 19.8 Å². The van der Waals surface area contributed by atoms with Gasteiger partial charge in [0.15, 0.2) is 0 Å². The maximum atomic E-state index is 4.30. The van der Waals surface area contributed by atoms with Crippen LogP contribution in [-0.4, -0.2) is 13.1 Å². The molecule has 114 valence electrons. The lowest BCUT2D eigenvalue weighted by molar-refractivity contribution is 0.447. The molecule has 2 aromatic rings. The minimum absolute atomic E-state index is 0.783. The summed E-state index contributed by atoms with van der Waals surface area (Å²) < 4.78 is 1.05. The number of hydrogen-bond acceptors (Lipinski definition) is 3. The third-order valence-electron chi connectivity index (χ3n) is 3.98. The first kappa shape index (κ1) is 15.2. The molecule has 1 atom stereocenters. The van der Waals surface area contributed by atoms with Gasteiger partial charge in [-0.25, -0.2) is 0 Å². The Labute approximate surface area is 140 Å². The Hall–Kier alpha value is -1.68. The van der Waals surface area contributed by atoms with Crippen molar-refractivity contribution in [3.63, 3.8) is 0 Å². The highest BCUT2D eigenvalue weighted by molar-refractivity contribution is 9.10. The van der Waals surface area contributed by atoms with Crippen LogP contribution in [0.2, 0.25) is 0 Å². The SMILES string of the molecule is C[C@H]1CCCN(c2ccc(N=Nc3ccc(Br)cc3)cc2)C1. The Kier molecular flexibility index (Phi) is 4.88. The predicted molar refractivity (Wildman–Crippen MR) is 95.4 cm³/mol. The van der Waals surface area contributed by atoms with Crippen molar-refractivity contribution in [2.75, 3.05) is 18.0 Å². The zero-order valence-corrected chi connectivity index (χ0v) is 14.3. The maximum Gasteiger partial charge on any atom is 0.0858 e. The number of nitrogens with zero attached hydrogens (tertiary/aromatic N) is 3. The average Bonchev–Trinajstić information content (AvgIpc) is 2.55. The molecule has 0 N–H and O–H groups in total. The molecule has 0 amide bonds. The van der Waals surface area contributed by atoms with E-state index in [1.54, 1.807) is 0 Å². The van der Waals surface area contributed by atoms with Gasteiger partial charge in [0.05, 0.1) is 11.4 Å². The van der Waals surface area contributed by atoms with Gasteiger partial charge in [-0.1, -0.05) is 22.9 Å². The molecule has 0 aromatic heterocycles. The summed E-state index contributed by atoms with van der Waals surface area (Å²) in [4.78, 5) is 2.46. The van der Waals surface area contributed by atoms with Crippen molar-refractivity contribution in [1.29, 1.82) is 0 Å². The molecule has 1 aliphatic heterocycles. The van der Waals surface area contributed by atoms with Crippen LogP contribution in [0.4, 0.5) is 17.1 Å². The molecule has 4 heteroatoms. The lowest BCUT2D eigenvalue weighted by Crippen LogP contribution is -2.34. The number of rotatable bonds is 3. The van der Waals surface area contributed by atoms with Crippen LogP contribution in [0.25, 0.3) is 0 Å². The van der Waals surface area contributed by atoms with Gasteiger partial charge < -0.3 is 4.90 Å². The molecule has 1 heterocycles. The second-order valence-electron chi connectivity index (χ2n) is 5.89. The summed E-state index contributed by atoms with van der Waals surface area (Å²) in [5, 5.41) is 8.56. The zero-order chi connectivity index (χ0) is 15.4. The van der Waals surface area contributed by atoms with Crippen molar-refractivity contribution < 1.29 is 0 Å². The van der Waals surface area contributed by atoms with E-state index in [0.717, 1.165) is 34.9 Å². The molecule has 1 fully saturated rings. The van der Waals surface area contributed by atoms with E-state index in [0.29, 0.717) is 0 Å². The molecule has 0 spiro atoms. The fourth-order valence-electron chi connectivity index (χ4n) is 2.78. The number of azo groups is 1. The molecule has 2 aromatic carbocycles. The Morgan fingerprint density at radius 2 is 1.55 bits per heavy atom. The van der Waals surface area contributed by atoms with Crippen LogP contribution in [-0.2, 0) is 0 Å². The topological polar surface area (TPSA) is 28.0 Å². The summed E-state index contributed by atoms with van der Waals surface area (Å²) in [6, 6.07) is 16.2. The number of benzene rings is 2. The van der Waals surface area contributed by atoms with Crippen LogP contribution in [0.15, 0.2) is 63.2 Å². The van der Waals surface area contributed by atoms with E-state index >= 15 is 0 Å². The van der Waals surface area contributed by atoms with Crippen molar-refractivity contribution in [2.24, 2.45) is 16.1 Å². The molecule has 3 nitrogen and oxygen atoms in total. The van der Waals surface area contributed by atoms with Crippen LogP contribution >= 0.6 is 15.9 Å². The lowest BCUT2D eigenvalue weighted by Gasteiger charge is -2.32. The highest BCUT2D eigenvalue weighted by atomic mass is 79.9. The van der Waals surface area contributed by atoms with Crippen LogP contribution in [0.3, 0.4) is 0 Å². The standard InChI is InChI=1S/C18H20BrN3/c1-14-3-2-12-22(13-14)18-10-8-17(9-11-18)21-20-16-6-4-15(19)5-7-16/h4-11,14H,2-3,12-13H2,1H3/t14-/m0/s1. The van der Waals surface area contributed by atoms with Crippen molar-refractivity contribution >= 4 is 33.0 Å². The molecule has 0 aliphatic carbocycles. The van der Waals surface area contributed by atoms with Gasteiger partial charge in [0.1, 0.15) is 0 Å². The summed E-state index contributed by atoms with van der Waals surface area (Å²) in [6.45, 7) is 4.64. The molecule has 0 saturated carbocycles. The first-order valence-electron chi connectivity index (χ1n) is 7.73. The van der Waals surface area contributed by atoms with E-state index in [9.17, 15) is 0 Å². The summed E-state index contributed by atoms with van der Waals surface area (Å²) in [5.74, 6) is 0.783. The Bertz CT molecular complexity index is 634. The third-order valence-corrected chi connectivity index (χ3v) is 4.51. The third kappa shape index (κ3) is 3.95. The predicted octanol–water partition coefficient (Wildman–Crippen LogP) is 6.10. The minimum atomic E-state index is 0.783. The van der Waals surface area contributed by atoms with Crippen molar-refractivity contribution in [1.82, 2.24) is 0 Å². The molecular formula is C18H20BrN3. The fourth-order valence-corrected chi connectivity index (χ4v) is 3.04. The van der Waals surface area contributed by atoms with E-state index in [1.807, 2.05) is 36.4 Å². The van der Waals surface area contributed by atoms with Crippen LogP contribution in [0, 0.1) is 5.92 Å². The largest absolute Gasteiger partial charge is 0.371 e. The Morgan fingerprint density at radius 3 is 2.14 bits per heavy atom. The van der Waals surface area contributed by atoms with E-state index in [-0.39, 0.29) is 0 Å². The quantitative estimate of drug-likeness (QED) is 0.609. The van der Waals surface area contributed by atoms with Gasteiger partial charge in [0.25, 0.3) is 0 Å². The zero-order valence-electron chi connectivity index (χ0n) is 12.7. The maximum absolute atomic E-state index is 4.30. The van der Waals surface area contributed by atoms with Gasteiger partial charge in [-0.05, 0) is 67.3 Å². The molecule has 0 radical (unpaired) electrons. The molecular weight excluding hydrogens is 338 g/mol. The van der Waals surface area contributed by atoms with Gasteiger partial charge >= 0.3 is 0 Å². The highest BCUT2D eigenvalue weighted by Crippen LogP contribution is 2.26. The monoisotopic (exact) mass is 357 g/mol. The van der Waals surface area contributed by atoms with Gasteiger partial charge in [-0.15, -0.1) is 0 Å². The number of halogens is 1. The molecule has 1 saturated heterocycles. The summed E-state index contributed by atoms with van der Waals surface area (Å²) >= 11 is 3.41. The van der Waals surface area contributed by atoms with Crippen molar-refractivity contribution in [2.45, 2.75) is 19.8 Å². The average molecular weight is 358 g/mol. The summed E-state index contributed by atoms with van der Waals surface area (Å²) in [5.41, 5.74) is 3.03. The Balaban J connectivity index is 1.67. The highest BCUT2D eigenvalue weighted by Gasteiger charge is 2.16. The van der Waals surface area contributed by atoms with E-state index < -0.39 is 0 Å². The smallest absolute Gasteiger partial charge is 0.0858 e. The second kappa shape index (κ2) is 7.05. The normalized spacial score (nSPS) is 18.8. The summed E-state index contributed by atoms with van der Waals surface area (Å²) in [7, 11) is 0. The van der Waals surface area contributed by atoms with Crippen LogP contribution < -0.4 is 4.90 Å². The lowest BCUT2D eigenvalue weighted by atomic mass is 10.00. The van der Waals surface area contributed by atoms with E-state index in [1.165, 1.54) is 18.5 Å². The first-order chi connectivity index (χ1) is 10.7. The van der Waals surface area contributed by atoms with Gasteiger partial charge in [-0.3, -0.25) is 0 Å². The Morgan fingerprint density at radius 1 is 0.955 bits per heavy atom. The summed E-state index contributed by atoms with van der Waals surface area (Å²) in [6.07, 6.45) is 2.63. The van der Waals surface area contributed by atoms with E-state index in [2.05, 4.69) is 50.1 Å². The van der Waals surface area contributed by atoms with Crippen molar-refractivity contribution in [3.8, 4) is 0 Å². The first-order valence-corrected chi connectivity index (χ1v) is 8.52. The number of hydrogen-bond donors (Lipinski definition) is 0. The van der Waals surface area contributed by atoms with Crippen molar-refractivity contribution in [3.05, 3.63) is 53.0 Å². The minimum Gasteiger partial charge on any atom is -0.371 e. The van der Waals surface area contributed by atoms with Gasteiger partial charge in [0, 0.05) is 23.2 Å². The van der Waals surface area contributed by atoms with E-state index in [4.69, 9.17) is 0 Å². The van der Waals surface area contributed by atoms with Crippen LogP contribution in [0.5, 0.6) is 0 Å². The molecule has 0 unspecified atom stereocenters. The molecule has 0 bridgehead atoms. The fraction of sp³-hybridized carbons (Fsp3) is 0.333. The molecule has 1 aliphatic rings.